The lowest BCUT2D eigenvalue weighted by Crippen LogP contribution is -2.32. The summed E-state index contributed by atoms with van der Waals surface area (Å²) in [5.74, 6) is 0.680. The van der Waals surface area contributed by atoms with Crippen molar-refractivity contribution in [3.63, 3.8) is 0 Å². The van der Waals surface area contributed by atoms with E-state index in [4.69, 9.17) is 5.73 Å². The summed E-state index contributed by atoms with van der Waals surface area (Å²) in [5, 5.41) is 2.99. The zero-order valence-electron chi connectivity index (χ0n) is 15.2. The largest absolute Gasteiger partial charge is 0.399 e. The first-order valence-electron chi connectivity index (χ1n) is 8.55. The molecule has 0 atom stereocenters. The molecule has 1 heterocycles. The summed E-state index contributed by atoms with van der Waals surface area (Å²) >= 11 is 0. The van der Waals surface area contributed by atoms with Crippen molar-refractivity contribution in [3.05, 3.63) is 53.6 Å². The third-order valence-corrected chi connectivity index (χ3v) is 4.76. The first kappa shape index (κ1) is 22.1. The number of halogens is 2. The molecule has 0 spiro atoms. The van der Waals surface area contributed by atoms with Gasteiger partial charge in [0.05, 0.1) is 0 Å². The smallest absolute Gasteiger partial charge is 0.256 e. The quantitative estimate of drug-likeness (QED) is 0.725. The molecule has 1 amide bonds. The van der Waals surface area contributed by atoms with Crippen LogP contribution < -0.4 is 16.0 Å². The molecule has 3 rings (SSSR count). The Morgan fingerprint density at radius 2 is 1.81 bits per heavy atom. The van der Waals surface area contributed by atoms with Gasteiger partial charge in [0.2, 0.25) is 0 Å². The Bertz CT molecular complexity index is 744. The molecule has 0 radical (unpaired) electrons. The van der Waals surface area contributed by atoms with Gasteiger partial charge >= 0.3 is 0 Å². The van der Waals surface area contributed by atoms with E-state index < -0.39 is 0 Å². The van der Waals surface area contributed by atoms with Gasteiger partial charge in [-0.1, -0.05) is 19.1 Å². The van der Waals surface area contributed by atoms with E-state index in [0.29, 0.717) is 11.3 Å². The molecule has 4 nitrogen and oxygen atoms in total. The molecular formula is C20H27Cl2N3O. The Hall–Kier alpha value is -1.91. The minimum Gasteiger partial charge on any atom is -0.399 e. The topological polar surface area (TPSA) is 58.4 Å². The number of rotatable bonds is 3. The van der Waals surface area contributed by atoms with Crippen LogP contribution in [0.1, 0.15) is 35.7 Å². The first-order chi connectivity index (χ1) is 11.5. The minimum atomic E-state index is -0.121. The lowest BCUT2D eigenvalue weighted by Gasteiger charge is -2.32. The molecule has 142 valence electrons. The Balaban J connectivity index is 0.00000169. The zero-order chi connectivity index (χ0) is 17.1. The first-order valence-corrected chi connectivity index (χ1v) is 8.55. The van der Waals surface area contributed by atoms with Gasteiger partial charge in [0.1, 0.15) is 0 Å². The minimum absolute atomic E-state index is 0. The predicted molar refractivity (Wildman–Crippen MR) is 115 cm³/mol. The van der Waals surface area contributed by atoms with Crippen LogP contribution in [0.5, 0.6) is 0 Å². The molecule has 0 bridgehead atoms. The number of amides is 1. The number of nitrogens with two attached hydrogens (primary N) is 1. The molecular weight excluding hydrogens is 369 g/mol. The molecule has 1 fully saturated rings. The second-order valence-electron chi connectivity index (χ2n) is 6.75. The lowest BCUT2D eigenvalue weighted by atomic mass is 9.99. The van der Waals surface area contributed by atoms with E-state index in [1.54, 1.807) is 6.07 Å². The number of carbonyl (C=O) groups excluding carboxylic acids is 1. The molecule has 2 aromatic rings. The summed E-state index contributed by atoms with van der Waals surface area (Å²) in [4.78, 5) is 14.9. The van der Waals surface area contributed by atoms with Crippen LogP contribution in [0.25, 0.3) is 0 Å². The van der Waals surface area contributed by atoms with Crippen LogP contribution in [-0.2, 0) is 0 Å². The Morgan fingerprint density at radius 1 is 1.12 bits per heavy atom. The van der Waals surface area contributed by atoms with Crippen LogP contribution in [0.4, 0.5) is 17.1 Å². The number of hydrogen-bond acceptors (Lipinski definition) is 3. The third-order valence-electron chi connectivity index (χ3n) is 4.76. The molecule has 1 saturated heterocycles. The number of anilines is 3. The number of benzene rings is 2. The van der Waals surface area contributed by atoms with E-state index in [0.717, 1.165) is 30.3 Å². The highest BCUT2D eigenvalue weighted by Crippen LogP contribution is 2.25. The predicted octanol–water partition coefficient (Wildman–Crippen LogP) is 4.91. The number of hydrogen-bond donors (Lipinski definition) is 2. The zero-order valence-corrected chi connectivity index (χ0v) is 16.8. The van der Waals surface area contributed by atoms with Crippen molar-refractivity contribution >= 4 is 47.8 Å². The normalized spacial score (nSPS) is 14.2. The highest BCUT2D eigenvalue weighted by atomic mass is 35.5. The maximum atomic E-state index is 12.5. The average molecular weight is 396 g/mol. The van der Waals surface area contributed by atoms with Crippen molar-refractivity contribution < 1.29 is 4.79 Å². The van der Waals surface area contributed by atoms with Crippen LogP contribution in [0.2, 0.25) is 0 Å². The molecule has 6 heteroatoms. The highest BCUT2D eigenvalue weighted by Gasteiger charge is 2.16. The van der Waals surface area contributed by atoms with Crippen LogP contribution in [-0.4, -0.2) is 19.0 Å². The average Bonchev–Trinajstić information content (AvgIpc) is 2.58. The number of nitrogens with one attached hydrogen (secondary N) is 1. The molecule has 3 N–H and O–H groups in total. The SMILES string of the molecule is Cc1ccc(N)cc1C(=O)Nc1cccc(N2CCC(C)CC2)c1.Cl.Cl. The summed E-state index contributed by atoms with van der Waals surface area (Å²) in [5.41, 5.74) is 9.93. The summed E-state index contributed by atoms with van der Waals surface area (Å²) < 4.78 is 0. The summed E-state index contributed by atoms with van der Waals surface area (Å²) in [6.07, 6.45) is 2.44. The van der Waals surface area contributed by atoms with Crippen molar-refractivity contribution in [1.82, 2.24) is 0 Å². The second kappa shape index (κ2) is 9.70. The van der Waals surface area contributed by atoms with E-state index >= 15 is 0 Å². The van der Waals surface area contributed by atoms with Gasteiger partial charge in [-0.25, -0.2) is 0 Å². The van der Waals surface area contributed by atoms with E-state index in [-0.39, 0.29) is 30.7 Å². The van der Waals surface area contributed by atoms with Gasteiger partial charge in [0.15, 0.2) is 0 Å². The van der Waals surface area contributed by atoms with Crippen LogP contribution in [0.15, 0.2) is 42.5 Å². The van der Waals surface area contributed by atoms with Crippen LogP contribution in [0.3, 0.4) is 0 Å². The van der Waals surface area contributed by atoms with Crippen molar-refractivity contribution in [1.29, 1.82) is 0 Å². The number of piperidine rings is 1. The van der Waals surface area contributed by atoms with E-state index in [1.807, 2.05) is 31.2 Å². The molecule has 0 unspecified atom stereocenters. The van der Waals surface area contributed by atoms with Gasteiger partial charge in [0.25, 0.3) is 5.91 Å². The standard InChI is InChI=1S/C20H25N3O.2ClH/c1-14-8-10-23(11-9-14)18-5-3-4-17(13-18)22-20(24)19-12-16(21)7-6-15(19)2;;/h3-7,12-14H,8-11,21H2,1-2H3,(H,22,24);2*1H. The molecule has 0 aromatic heterocycles. The van der Waals surface area contributed by atoms with Gasteiger partial charge in [-0.15, -0.1) is 24.8 Å². The monoisotopic (exact) mass is 395 g/mol. The number of nitrogens with zero attached hydrogens (tertiary/aromatic N) is 1. The van der Waals surface area contributed by atoms with Crippen molar-refractivity contribution in [2.24, 2.45) is 5.92 Å². The second-order valence-corrected chi connectivity index (χ2v) is 6.75. The summed E-state index contributed by atoms with van der Waals surface area (Å²) in [6, 6.07) is 13.5. The van der Waals surface area contributed by atoms with E-state index in [1.165, 1.54) is 18.5 Å². The molecule has 0 aliphatic carbocycles. The lowest BCUT2D eigenvalue weighted by molar-refractivity contribution is 0.102. The summed E-state index contributed by atoms with van der Waals surface area (Å²) in [7, 11) is 0. The van der Waals surface area contributed by atoms with E-state index in [9.17, 15) is 4.79 Å². The van der Waals surface area contributed by atoms with E-state index in [2.05, 4.69) is 29.3 Å². The number of carbonyl (C=O) groups is 1. The van der Waals surface area contributed by atoms with Crippen molar-refractivity contribution in [2.75, 3.05) is 29.0 Å². The Labute approximate surface area is 168 Å². The molecule has 26 heavy (non-hydrogen) atoms. The summed E-state index contributed by atoms with van der Waals surface area (Å²) in [6.45, 7) is 6.38. The fraction of sp³-hybridized carbons (Fsp3) is 0.350. The molecule has 0 saturated carbocycles. The molecule has 1 aliphatic rings. The van der Waals surface area contributed by atoms with Gasteiger partial charge < -0.3 is 16.0 Å². The molecule has 2 aromatic carbocycles. The Morgan fingerprint density at radius 3 is 2.50 bits per heavy atom. The number of nitrogen functional groups attached to an aromatic ring is 1. The number of aryl methyl sites for hydroxylation is 1. The van der Waals surface area contributed by atoms with Crippen LogP contribution >= 0.6 is 24.8 Å². The molecule has 1 aliphatic heterocycles. The van der Waals surface area contributed by atoms with Crippen molar-refractivity contribution in [3.8, 4) is 0 Å². The fourth-order valence-corrected chi connectivity index (χ4v) is 3.13. The Kier molecular flexibility index (Phi) is 8.25. The fourth-order valence-electron chi connectivity index (χ4n) is 3.13. The highest BCUT2D eigenvalue weighted by molar-refractivity contribution is 6.06. The van der Waals surface area contributed by atoms with Crippen molar-refractivity contribution in [2.45, 2.75) is 26.7 Å². The maximum Gasteiger partial charge on any atom is 0.256 e. The third kappa shape index (κ3) is 5.29. The van der Waals surface area contributed by atoms with Crippen LogP contribution in [0, 0.1) is 12.8 Å². The van der Waals surface area contributed by atoms with Gasteiger partial charge in [0, 0.05) is 35.7 Å². The van der Waals surface area contributed by atoms with Gasteiger partial charge in [-0.2, -0.15) is 0 Å². The van der Waals surface area contributed by atoms with Gasteiger partial charge in [-0.3, -0.25) is 4.79 Å². The maximum absolute atomic E-state index is 12.5. The van der Waals surface area contributed by atoms with Gasteiger partial charge in [-0.05, 0) is 61.6 Å².